The maximum Gasteiger partial charge on any atom is 0.227 e. The second-order valence-electron chi connectivity index (χ2n) is 6.90. The molecule has 144 valence electrons. The highest BCUT2D eigenvalue weighted by molar-refractivity contribution is 7.91. The van der Waals surface area contributed by atoms with E-state index in [-0.39, 0.29) is 17.0 Å². The normalized spacial score (nSPS) is 18.0. The summed E-state index contributed by atoms with van der Waals surface area (Å²) in [5.74, 6) is 0.125. The number of rotatable bonds is 9. The summed E-state index contributed by atoms with van der Waals surface area (Å²) in [5, 5.41) is 4.39. The maximum absolute atomic E-state index is 12.6. The van der Waals surface area contributed by atoms with Gasteiger partial charge in [0.2, 0.25) is 15.0 Å². The Kier molecular flexibility index (Phi) is 6.50. The molecule has 0 N–H and O–H groups in total. The van der Waals surface area contributed by atoms with Crippen molar-refractivity contribution in [3.05, 3.63) is 34.3 Å². The first-order valence-corrected chi connectivity index (χ1v) is 11.7. The molecule has 0 radical (unpaired) electrons. The van der Waals surface area contributed by atoms with Gasteiger partial charge in [0.1, 0.15) is 0 Å². The van der Waals surface area contributed by atoms with Crippen LogP contribution in [0.2, 0.25) is 0 Å². The lowest BCUT2D eigenvalue weighted by atomic mass is 10.2. The van der Waals surface area contributed by atoms with Gasteiger partial charge in [0, 0.05) is 19.7 Å². The Hall–Kier alpha value is -1.22. The second kappa shape index (κ2) is 8.65. The van der Waals surface area contributed by atoms with E-state index in [9.17, 15) is 8.42 Å². The van der Waals surface area contributed by atoms with Crippen LogP contribution < -0.4 is 0 Å². The van der Waals surface area contributed by atoms with Crippen molar-refractivity contribution in [2.24, 2.45) is 0 Å². The lowest BCUT2D eigenvalue weighted by Crippen LogP contribution is -2.25. The first kappa shape index (κ1) is 19.5. The van der Waals surface area contributed by atoms with E-state index in [4.69, 9.17) is 4.74 Å². The summed E-state index contributed by atoms with van der Waals surface area (Å²) in [6.45, 7) is 4.66. The molecule has 1 aliphatic rings. The van der Waals surface area contributed by atoms with E-state index in [0.29, 0.717) is 19.5 Å². The van der Waals surface area contributed by atoms with Crippen LogP contribution >= 0.6 is 11.3 Å². The van der Waals surface area contributed by atoms with Crippen molar-refractivity contribution in [2.75, 3.05) is 19.4 Å². The summed E-state index contributed by atoms with van der Waals surface area (Å²) in [5.41, 5.74) is 2.19. The van der Waals surface area contributed by atoms with Gasteiger partial charge >= 0.3 is 0 Å². The van der Waals surface area contributed by atoms with Crippen LogP contribution in [0.15, 0.2) is 28.2 Å². The standard InChI is InChI=1S/C18H27N3O3S2/c1-3-9-26(22,23)18-19-10-16(21(18)13-17-5-4-7-24-17)12-20(2)11-15-6-8-25-14-15/h6,8,10,14,17H,3-5,7,9,11-13H2,1-2H3/t17-/m0/s1. The zero-order valence-corrected chi connectivity index (χ0v) is 17.1. The fourth-order valence-corrected chi connectivity index (χ4v) is 5.46. The van der Waals surface area contributed by atoms with Gasteiger partial charge in [0.05, 0.1) is 30.3 Å². The first-order valence-electron chi connectivity index (χ1n) is 9.08. The molecular weight excluding hydrogens is 370 g/mol. The van der Waals surface area contributed by atoms with Crippen LogP contribution in [0.3, 0.4) is 0 Å². The van der Waals surface area contributed by atoms with Gasteiger partial charge in [-0.3, -0.25) is 4.90 Å². The predicted molar refractivity (Wildman–Crippen MR) is 103 cm³/mol. The van der Waals surface area contributed by atoms with Crippen LogP contribution in [0.1, 0.15) is 37.4 Å². The van der Waals surface area contributed by atoms with E-state index in [2.05, 4.69) is 26.7 Å². The number of thiophene rings is 1. The number of ether oxygens (including phenoxy) is 1. The lowest BCUT2D eigenvalue weighted by molar-refractivity contribution is 0.0934. The quantitative estimate of drug-likeness (QED) is 0.651. The molecule has 1 aliphatic heterocycles. The molecule has 0 bridgehead atoms. The Labute approximate surface area is 159 Å². The van der Waals surface area contributed by atoms with E-state index in [1.54, 1.807) is 17.5 Å². The van der Waals surface area contributed by atoms with Crippen molar-refractivity contribution in [1.29, 1.82) is 0 Å². The van der Waals surface area contributed by atoms with Crippen molar-refractivity contribution in [2.45, 2.75) is 57.1 Å². The summed E-state index contributed by atoms with van der Waals surface area (Å²) in [7, 11) is -1.33. The number of hydrogen-bond donors (Lipinski definition) is 0. The molecule has 26 heavy (non-hydrogen) atoms. The number of sulfone groups is 1. The molecule has 1 atom stereocenters. The van der Waals surface area contributed by atoms with Crippen molar-refractivity contribution in [3.63, 3.8) is 0 Å². The van der Waals surface area contributed by atoms with Gasteiger partial charge in [-0.25, -0.2) is 13.4 Å². The third kappa shape index (κ3) is 4.73. The fraction of sp³-hybridized carbons (Fsp3) is 0.611. The smallest absolute Gasteiger partial charge is 0.227 e. The van der Waals surface area contributed by atoms with Gasteiger partial charge in [0.25, 0.3) is 0 Å². The van der Waals surface area contributed by atoms with E-state index in [0.717, 1.165) is 31.7 Å². The average Bonchev–Trinajstić information content (AvgIpc) is 3.31. The summed E-state index contributed by atoms with van der Waals surface area (Å²) < 4.78 is 32.9. The Morgan fingerprint density at radius 3 is 2.92 bits per heavy atom. The van der Waals surface area contributed by atoms with E-state index in [1.165, 1.54) is 5.56 Å². The van der Waals surface area contributed by atoms with Crippen LogP contribution in [0.5, 0.6) is 0 Å². The minimum absolute atomic E-state index is 0.0701. The second-order valence-corrected chi connectivity index (χ2v) is 9.68. The van der Waals surface area contributed by atoms with Crippen LogP contribution in [0.25, 0.3) is 0 Å². The number of aromatic nitrogens is 2. The molecule has 1 saturated heterocycles. The Bertz CT molecular complexity index is 794. The molecule has 2 aromatic rings. The molecule has 0 aromatic carbocycles. The van der Waals surface area contributed by atoms with Gasteiger partial charge in [-0.1, -0.05) is 6.92 Å². The van der Waals surface area contributed by atoms with Crippen LogP contribution in [-0.2, 0) is 34.2 Å². The summed E-state index contributed by atoms with van der Waals surface area (Å²) in [6.07, 6.45) is 4.37. The number of nitrogens with zero attached hydrogens (tertiary/aromatic N) is 3. The Morgan fingerprint density at radius 2 is 2.27 bits per heavy atom. The van der Waals surface area contributed by atoms with E-state index < -0.39 is 9.84 Å². The maximum atomic E-state index is 12.6. The SMILES string of the molecule is CCCS(=O)(=O)c1ncc(CN(C)Cc2ccsc2)n1C[C@@H]1CCCO1. The van der Waals surface area contributed by atoms with Crippen LogP contribution in [0.4, 0.5) is 0 Å². The third-order valence-electron chi connectivity index (χ3n) is 4.53. The lowest BCUT2D eigenvalue weighted by Gasteiger charge is -2.20. The highest BCUT2D eigenvalue weighted by Gasteiger charge is 2.26. The molecule has 0 amide bonds. The van der Waals surface area contributed by atoms with Gasteiger partial charge < -0.3 is 9.30 Å². The zero-order valence-electron chi connectivity index (χ0n) is 15.4. The molecule has 3 rings (SSSR count). The molecule has 0 spiro atoms. The first-order chi connectivity index (χ1) is 12.5. The minimum Gasteiger partial charge on any atom is -0.376 e. The molecule has 0 saturated carbocycles. The van der Waals surface area contributed by atoms with E-state index in [1.807, 2.05) is 18.5 Å². The van der Waals surface area contributed by atoms with E-state index >= 15 is 0 Å². The van der Waals surface area contributed by atoms with Crippen molar-refractivity contribution >= 4 is 21.2 Å². The number of imidazole rings is 1. The zero-order chi connectivity index (χ0) is 18.6. The number of hydrogen-bond acceptors (Lipinski definition) is 6. The fourth-order valence-electron chi connectivity index (χ4n) is 3.34. The van der Waals surface area contributed by atoms with Crippen molar-refractivity contribution < 1.29 is 13.2 Å². The van der Waals surface area contributed by atoms with Crippen molar-refractivity contribution in [1.82, 2.24) is 14.5 Å². The van der Waals surface area contributed by atoms with Crippen molar-refractivity contribution in [3.8, 4) is 0 Å². The molecule has 1 fully saturated rings. The highest BCUT2D eigenvalue weighted by Crippen LogP contribution is 2.21. The van der Waals surface area contributed by atoms with Gasteiger partial charge in [0.15, 0.2) is 0 Å². The van der Waals surface area contributed by atoms with Gasteiger partial charge in [-0.05, 0) is 48.7 Å². The predicted octanol–water partition coefficient (Wildman–Crippen LogP) is 2.94. The monoisotopic (exact) mass is 397 g/mol. The third-order valence-corrected chi connectivity index (χ3v) is 7.09. The molecule has 6 nitrogen and oxygen atoms in total. The molecule has 2 aromatic heterocycles. The van der Waals surface area contributed by atoms with Gasteiger partial charge in [-0.2, -0.15) is 11.3 Å². The highest BCUT2D eigenvalue weighted by atomic mass is 32.2. The molecule has 0 aliphatic carbocycles. The largest absolute Gasteiger partial charge is 0.376 e. The Morgan fingerprint density at radius 1 is 1.42 bits per heavy atom. The summed E-state index contributed by atoms with van der Waals surface area (Å²) in [4.78, 5) is 6.48. The molecule has 3 heterocycles. The minimum atomic E-state index is -3.37. The van der Waals surface area contributed by atoms with Crippen LogP contribution in [-0.4, -0.2) is 48.4 Å². The Balaban J connectivity index is 1.82. The van der Waals surface area contributed by atoms with Gasteiger partial charge in [-0.15, -0.1) is 0 Å². The molecular formula is C18H27N3O3S2. The summed E-state index contributed by atoms with van der Waals surface area (Å²) >= 11 is 1.69. The van der Waals surface area contributed by atoms with Crippen LogP contribution in [0, 0.1) is 0 Å². The summed E-state index contributed by atoms with van der Waals surface area (Å²) in [6, 6.07) is 2.11. The molecule has 0 unspecified atom stereocenters. The topological polar surface area (TPSA) is 64.4 Å². The average molecular weight is 398 g/mol. The molecule has 8 heteroatoms.